The highest BCUT2D eigenvalue weighted by atomic mass is 16.2. The molecule has 0 bridgehead atoms. The van der Waals surface area contributed by atoms with Gasteiger partial charge in [0.1, 0.15) is 0 Å². The summed E-state index contributed by atoms with van der Waals surface area (Å²) in [6.07, 6.45) is 4.49. The maximum Gasteiger partial charge on any atom is 0.266 e. The van der Waals surface area contributed by atoms with Gasteiger partial charge in [0, 0.05) is 28.1 Å². The van der Waals surface area contributed by atoms with E-state index in [1.807, 2.05) is 57.2 Å². The number of carbonyl (C=O) groups is 6. The van der Waals surface area contributed by atoms with E-state index >= 15 is 0 Å². The van der Waals surface area contributed by atoms with Gasteiger partial charge in [0.2, 0.25) is 0 Å². The van der Waals surface area contributed by atoms with Crippen molar-refractivity contribution < 1.29 is 28.8 Å². The van der Waals surface area contributed by atoms with Crippen LogP contribution in [0.15, 0.2) is 152 Å². The van der Waals surface area contributed by atoms with Crippen LogP contribution in [-0.2, 0) is 10.8 Å². The molecule has 0 spiro atoms. The highest BCUT2D eigenvalue weighted by Crippen LogP contribution is 2.56. The lowest BCUT2D eigenvalue weighted by Crippen LogP contribution is -2.52. The summed E-state index contributed by atoms with van der Waals surface area (Å²) in [7, 11) is 0. The Labute approximate surface area is 488 Å². The first-order valence-corrected chi connectivity index (χ1v) is 29.2. The van der Waals surface area contributed by atoms with E-state index in [0.29, 0.717) is 64.2 Å². The Hall–Kier alpha value is -8.92. The monoisotopic (exact) mass is 1100 g/mol. The summed E-state index contributed by atoms with van der Waals surface area (Å²) in [6.45, 7) is 20.7. The molecular weight excluding hydrogens is 1030 g/mol. The van der Waals surface area contributed by atoms with Gasteiger partial charge in [-0.15, -0.1) is 0 Å². The lowest BCUT2D eigenvalue weighted by molar-refractivity contribution is 0.0342. The topological polar surface area (TPSA) is 112 Å². The van der Waals surface area contributed by atoms with E-state index < -0.39 is 28.3 Å². The molecule has 416 valence electrons. The van der Waals surface area contributed by atoms with Gasteiger partial charge in [0.05, 0.1) is 50.0 Å². The molecule has 3 aliphatic heterocycles. The molecule has 4 aliphatic rings. The molecular formula is C74H69N3O6. The molecule has 0 N–H and O–H groups in total. The summed E-state index contributed by atoms with van der Waals surface area (Å²) in [5.74, 6) is 11.5. The Kier molecular flexibility index (Phi) is 14.2. The molecule has 83 heavy (non-hydrogen) atoms. The van der Waals surface area contributed by atoms with Crippen LogP contribution in [-0.4, -0.2) is 56.3 Å². The van der Waals surface area contributed by atoms with Gasteiger partial charge in [0.25, 0.3) is 35.4 Å². The zero-order chi connectivity index (χ0) is 58.9. The fraction of sp³-hybridized carbons (Fsp3) is 0.297. The number of benzene rings is 7. The minimum absolute atomic E-state index is 0.218. The SMILES string of the molecule is CCCC(CC)(CCC(C)(C)c1ccc(C2(c3ccc(N4C(=O)c5ccc(C#Cc6ccc7c(c6)C(=O)N(C(C)(C)C)C7=O)cc5C4=O)cc3)c3ccccc3-c3ccccc32)cc1)N1C(=O)c2ccc(C#CC(C)CC(C)C)cc2C1=O. The van der Waals surface area contributed by atoms with Crippen LogP contribution in [0.5, 0.6) is 0 Å². The van der Waals surface area contributed by atoms with Gasteiger partial charge in [-0.2, -0.15) is 0 Å². The van der Waals surface area contributed by atoms with E-state index in [-0.39, 0.29) is 46.1 Å². The number of imide groups is 3. The first kappa shape index (κ1) is 56.0. The van der Waals surface area contributed by atoms with Crippen LogP contribution in [0.2, 0.25) is 0 Å². The molecule has 2 atom stereocenters. The third-order valence-electron chi connectivity index (χ3n) is 17.6. The van der Waals surface area contributed by atoms with Gasteiger partial charge in [0.15, 0.2) is 0 Å². The molecule has 3 heterocycles. The van der Waals surface area contributed by atoms with Crippen LogP contribution in [0.4, 0.5) is 5.69 Å². The standard InChI is InChI=1S/C74H69N3O6/c1-11-39-73(12-2,77-68(81)59-38-26-48(44-62(59)70(77)83)22-21-47(5)42-46(3)4)41-40-72(9,10)51-28-30-52(31-29-51)74(63-19-15-13-17-55(63)56-18-14-16-20-64(56)74)53-32-34-54(35-33-53)75-65(78)57-36-25-49(43-60(57)66(75)79)23-24-50-27-37-58-61(45-50)69(82)76(67(58)80)71(6,7)8/h13-20,25-38,43-47H,11-12,39-42H2,1-10H3. The second-order valence-corrected chi connectivity index (χ2v) is 25.0. The van der Waals surface area contributed by atoms with Crippen molar-refractivity contribution in [2.45, 2.75) is 130 Å². The van der Waals surface area contributed by atoms with E-state index in [4.69, 9.17) is 0 Å². The summed E-state index contributed by atoms with van der Waals surface area (Å²) < 4.78 is 0. The maximum absolute atomic E-state index is 14.5. The van der Waals surface area contributed by atoms with E-state index in [1.54, 1.807) is 47.4 Å². The molecule has 7 aromatic carbocycles. The van der Waals surface area contributed by atoms with Crippen LogP contribution < -0.4 is 4.90 Å². The largest absolute Gasteiger partial charge is 0.269 e. The summed E-state index contributed by atoms with van der Waals surface area (Å²) >= 11 is 0. The number of amides is 6. The summed E-state index contributed by atoms with van der Waals surface area (Å²) in [5, 5.41) is 0. The van der Waals surface area contributed by atoms with Crippen molar-refractivity contribution in [2.75, 3.05) is 4.90 Å². The second kappa shape index (κ2) is 21.1. The fourth-order valence-electron chi connectivity index (χ4n) is 13.4. The van der Waals surface area contributed by atoms with Crippen LogP contribution in [0.3, 0.4) is 0 Å². The Bertz CT molecular complexity index is 3960. The summed E-state index contributed by atoms with van der Waals surface area (Å²) in [6, 6.07) is 49.1. The van der Waals surface area contributed by atoms with Gasteiger partial charge in [-0.1, -0.05) is 163 Å². The van der Waals surface area contributed by atoms with Gasteiger partial charge in [-0.05, 0) is 170 Å². The van der Waals surface area contributed by atoms with Crippen LogP contribution >= 0.6 is 0 Å². The van der Waals surface area contributed by atoms with Crippen molar-refractivity contribution in [3.05, 3.63) is 230 Å². The van der Waals surface area contributed by atoms with Gasteiger partial charge in [-0.3, -0.25) is 38.6 Å². The Morgan fingerprint density at radius 3 is 1.41 bits per heavy atom. The quantitative estimate of drug-likeness (QED) is 0.0840. The van der Waals surface area contributed by atoms with Crippen LogP contribution in [0.1, 0.15) is 214 Å². The number of nitrogens with zero attached hydrogens (tertiary/aromatic N) is 3. The predicted octanol–water partition coefficient (Wildman–Crippen LogP) is 15.0. The molecule has 0 fully saturated rings. The highest BCUT2D eigenvalue weighted by molar-refractivity contribution is 6.34. The molecule has 0 saturated heterocycles. The zero-order valence-corrected chi connectivity index (χ0v) is 49.1. The van der Waals surface area contributed by atoms with Gasteiger partial charge < -0.3 is 0 Å². The predicted molar refractivity (Wildman–Crippen MR) is 327 cm³/mol. The molecule has 0 saturated carbocycles. The molecule has 2 unspecified atom stereocenters. The van der Waals surface area contributed by atoms with E-state index in [1.165, 1.54) is 9.80 Å². The lowest BCUT2D eigenvalue weighted by atomic mass is 9.67. The molecule has 0 aromatic heterocycles. The Morgan fingerprint density at radius 1 is 0.458 bits per heavy atom. The van der Waals surface area contributed by atoms with Crippen molar-refractivity contribution in [3.8, 4) is 34.8 Å². The molecule has 9 heteroatoms. The van der Waals surface area contributed by atoms with Crippen molar-refractivity contribution in [1.82, 2.24) is 9.80 Å². The lowest BCUT2D eigenvalue weighted by Gasteiger charge is -2.42. The van der Waals surface area contributed by atoms with Crippen molar-refractivity contribution in [3.63, 3.8) is 0 Å². The van der Waals surface area contributed by atoms with E-state index in [9.17, 15) is 28.8 Å². The molecule has 0 radical (unpaired) electrons. The fourth-order valence-corrected chi connectivity index (χ4v) is 13.4. The second-order valence-electron chi connectivity index (χ2n) is 25.0. The average molecular weight is 1100 g/mol. The van der Waals surface area contributed by atoms with Gasteiger partial charge >= 0.3 is 0 Å². The van der Waals surface area contributed by atoms with E-state index in [0.717, 1.165) is 63.8 Å². The smallest absolute Gasteiger partial charge is 0.266 e. The van der Waals surface area contributed by atoms with E-state index in [2.05, 4.69) is 145 Å². The number of anilines is 1. The third kappa shape index (κ3) is 9.41. The Balaban J connectivity index is 0.865. The third-order valence-corrected chi connectivity index (χ3v) is 17.6. The molecule has 6 amide bonds. The molecule has 7 aromatic rings. The molecule has 9 nitrogen and oxygen atoms in total. The number of hydrogen-bond acceptors (Lipinski definition) is 6. The molecule has 11 rings (SSSR count). The normalized spacial score (nSPS) is 16.0. The first-order valence-electron chi connectivity index (χ1n) is 29.2. The van der Waals surface area contributed by atoms with Crippen molar-refractivity contribution >= 4 is 41.1 Å². The summed E-state index contributed by atoms with van der Waals surface area (Å²) in [4.78, 5) is 87.7. The van der Waals surface area contributed by atoms with Crippen molar-refractivity contribution in [1.29, 1.82) is 0 Å². The molecule has 1 aliphatic carbocycles. The highest BCUT2D eigenvalue weighted by Gasteiger charge is 2.50. The van der Waals surface area contributed by atoms with Crippen LogP contribution in [0.25, 0.3) is 11.1 Å². The number of carbonyl (C=O) groups excluding carboxylic acids is 6. The summed E-state index contributed by atoms with van der Waals surface area (Å²) in [5.41, 5.74) is 9.49. The minimum atomic E-state index is -0.765. The zero-order valence-electron chi connectivity index (χ0n) is 49.1. The number of rotatable bonds is 13. The maximum atomic E-state index is 14.5. The number of hydrogen-bond donors (Lipinski definition) is 0. The first-order chi connectivity index (χ1) is 39.6. The van der Waals surface area contributed by atoms with Crippen molar-refractivity contribution in [2.24, 2.45) is 11.8 Å². The van der Waals surface area contributed by atoms with Crippen LogP contribution in [0, 0.1) is 35.5 Å². The van der Waals surface area contributed by atoms with Gasteiger partial charge in [-0.25, -0.2) is 4.90 Å². The average Bonchev–Trinajstić information content (AvgIpc) is 1.67. The minimum Gasteiger partial charge on any atom is -0.269 e. The number of fused-ring (bicyclic) bond motifs is 6. The Morgan fingerprint density at radius 2 is 0.904 bits per heavy atom.